The van der Waals surface area contributed by atoms with Crippen molar-refractivity contribution in [1.82, 2.24) is 0 Å². The second-order valence-corrected chi connectivity index (χ2v) is 4.93. The summed E-state index contributed by atoms with van der Waals surface area (Å²) < 4.78 is 11.3. The number of furan rings is 1. The van der Waals surface area contributed by atoms with Crippen LogP contribution in [0.2, 0.25) is 0 Å². The zero-order valence-corrected chi connectivity index (χ0v) is 10.7. The molecule has 0 fully saturated rings. The smallest absolute Gasteiger partial charge is 0.134 e. The number of hydrogen-bond acceptors (Lipinski definition) is 4. The molecule has 3 nitrogen and oxygen atoms in total. The average molecular weight is 251 g/mol. The first kappa shape index (κ1) is 12.4. The van der Waals surface area contributed by atoms with Gasteiger partial charge >= 0.3 is 0 Å². The van der Waals surface area contributed by atoms with Gasteiger partial charge in [0.1, 0.15) is 11.9 Å². The topological polar surface area (TPSA) is 48.4 Å². The quantitative estimate of drug-likeness (QED) is 0.856. The lowest BCUT2D eigenvalue weighted by molar-refractivity contribution is 0.00880. The van der Waals surface area contributed by atoms with E-state index >= 15 is 0 Å². The molecule has 0 bridgehead atoms. The third kappa shape index (κ3) is 3.19. The molecule has 17 heavy (non-hydrogen) atoms. The summed E-state index contributed by atoms with van der Waals surface area (Å²) in [6, 6.07) is 7.81. The van der Waals surface area contributed by atoms with Gasteiger partial charge in [0.05, 0.1) is 12.9 Å². The fourth-order valence-corrected chi connectivity index (χ4v) is 2.28. The summed E-state index contributed by atoms with van der Waals surface area (Å²) in [6.07, 6.45) is 2.34. The molecule has 0 aliphatic rings. The number of thiophene rings is 1. The Morgan fingerprint density at radius 3 is 2.88 bits per heavy atom. The summed E-state index contributed by atoms with van der Waals surface area (Å²) in [5, 5.41) is 2.04. The first-order chi connectivity index (χ1) is 8.31. The number of ether oxygens (including phenoxy) is 1. The fourth-order valence-electron chi connectivity index (χ4n) is 1.65. The third-order valence-corrected chi connectivity index (χ3v) is 3.52. The van der Waals surface area contributed by atoms with Gasteiger partial charge in [0.25, 0.3) is 0 Å². The number of hydrogen-bond donors (Lipinski definition) is 1. The molecule has 2 unspecified atom stereocenters. The van der Waals surface area contributed by atoms with Gasteiger partial charge in [0, 0.05) is 10.9 Å². The van der Waals surface area contributed by atoms with Gasteiger partial charge in [-0.25, -0.2) is 0 Å². The average Bonchev–Trinajstić information content (AvgIpc) is 3.01. The molecule has 2 aromatic rings. The van der Waals surface area contributed by atoms with E-state index in [0.717, 1.165) is 12.2 Å². The lowest BCUT2D eigenvalue weighted by Crippen LogP contribution is -2.29. The molecule has 0 aliphatic heterocycles. The van der Waals surface area contributed by atoms with Crippen molar-refractivity contribution in [2.45, 2.75) is 32.1 Å². The van der Waals surface area contributed by atoms with Crippen molar-refractivity contribution in [2.24, 2.45) is 5.73 Å². The Hall–Kier alpha value is -1.10. The predicted molar refractivity (Wildman–Crippen MR) is 68.8 cm³/mol. The Balaban J connectivity index is 2.01. The fraction of sp³-hybridized carbons (Fsp3) is 0.385. The van der Waals surface area contributed by atoms with E-state index in [1.165, 1.54) is 4.88 Å². The van der Waals surface area contributed by atoms with Crippen LogP contribution in [0.5, 0.6) is 0 Å². The van der Waals surface area contributed by atoms with Gasteiger partial charge in [0.15, 0.2) is 0 Å². The lowest BCUT2D eigenvalue weighted by Gasteiger charge is -2.21. The largest absolute Gasteiger partial charge is 0.467 e. The molecule has 0 aromatic carbocycles. The normalized spacial score (nSPS) is 14.7. The van der Waals surface area contributed by atoms with Crippen molar-refractivity contribution in [3.63, 3.8) is 0 Å². The predicted octanol–water partition coefficient (Wildman–Crippen LogP) is 3.34. The summed E-state index contributed by atoms with van der Waals surface area (Å²) in [7, 11) is 0. The van der Waals surface area contributed by atoms with E-state index in [4.69, 9.17) is 14.9 Å². The molecule has 2 N–H and O–H groups in total. The maximum atomic E-state index is 6.07. The van der Waals surface area contributed by atoms with E-state index in [9.17, 15) is 0 Å². The van der Waals surface area contributed by atoms with Gasteiger partial charge in [-0.2, -0.15) is 0 Å². The van der Waals surface area contributed by atoms with Crippen LogP contribution < -0.4 is 5.73 Å². The zero-order valence-electron chi connectivity index (χ0n) is 9.84. The van der Waals surface area contributed by atoms with Gasteiger partial charge in [-0.1, -0.05) is 13.0 Å². The number of rotatable bonds is 6. The van der Waals surface area contributed by atoms with Crippen molar-refractivity contribution in [2.75, 3.05) is 0 Å². The molecule has 0 saturated carbocycles. The summed E-state index contributed by atoms with van der Waals surface area (Å²) in [4.78, 5) is 1.20. The minimum Gasteiger partial charge on any atom is -0.467 e. The molecule has 2 aromatic heterocycles. The molecule has 0 spiro atoms. The van der Waals surface area contributed by atoms with Crippen molar-refractivity contribution < 1.29 is 9.15 Å². The van der Waals surface area contributed by atoms with Crippen LogP contribution in [-0.2, 0) is 11.3 Å². The molecule has 2 atom stereocenters. The van der Waals surface area contributed by atoms with Crippen LogP contribution in [0.3, 0.4) is 0 Å². The summed E-state index contributed by atoms with van der Waals surface area (Å²) in [6.45, 7) is 2.63. The van der Waals surface area contributed by atoms with E-state index in [-0.39, 0.29) is 12.1 Å². The zero-order chi connectivity index (χ0) is 12.1. The van der Waals surface area contributed by atoms with Crippen LogP contribution in [0.15, 0.2) is 40.3 Å². The van der Waals surface area contributed by atoms with Crippen molar-refractivity contribution in [3.8, 4) is 0 Å². The van der Waals surface area contributed by atoms with E-state index in [0.29, 0.717) is 6.61 Å². The molecule has 0 saturated heterocycles. The van der Waals surface area contributed by atoms with Gasteiger partial charge in [-0.05, 0) is 30.0 Å². The summed E-state index contributed by atoms with van der Waals surface area (Å²) in [5.41, 5.74) is 6.07. The molecule has 4 heteroatoms. The van der Waals surface area contributed by atoms with Crippen LogP contribution in [0.4, 0.5) is 0 Å². The first-order valence-electron chi connectivity index (χ1n) is 5.74. The Kier molecular flexibility index (Phi) is 4.36. The third-order valence-electron chi connectivity index (χ3n) is 2.67. The first-order valence-corrected chi connectivity index (χ1v) is 6.62. The number of nitrogens with two attached hydrogens (primary N) is 1. The Labute approximate surface area is 105 Å². The maximum Gasteiger partial charge on any atom is 0.134 e. The van der Waals surface area contributed by atoms with Crippen LogP contribution in [0.25, 0.3) is 0 Å². The second kappa shape index (κ2) is 6.00. The second-order valence-electron chi connectivity index (χ2n) is 3.90. The van der Waals surface area contributed by atoms with Gasteiger partial charge < -0.3 is 14.9 Å². The highest BCUT2D eigenvalue weighted by molar-refractivity contribution is 7.09. The van der Waals surface area contributed by atoms with E-state index < -0.39 is 0 Å². The monoisotopic (exact) mass is 251 g/mol. The van der Waals surface area contributed by atoms with Gasteiger partial charge in [0.2, 0.25) is 0 Å². The summed E-state index contributed by atoms with van der Waals surface area (Å²) >= 11 is 1.69. The van der Waals surface area contributed by atoms with Crippen LogP contribution in [0.1, 0.15) is 30.1 Å². The van der Waals surface area contributed by atoms with Gasteiger partial charge in [-0.3, -0.25) is 0 Å². The molecular weight excluding hydrogens is 234 g/mol. The standard InChI is InChI=1S/C13H17NO2S/c1-2-11(14)13(12-6-3-7-15-12)16-9-10-5-4-8-17-10/h3-8,11,13H,2,9,14H2,1H3. The van der Waals surface area contributed by atoms with Gasteiger partial charge in [-0.15, -0.1) is 11.3 Å². The van der Waals surface area contributed by atoms with Crippen molar-refractivity contribution in [1.29, 1.82) is 0 Å². The highest BCUT2D eigenvalue weighted by Crippen LogP contribution is 2.24. The molecule has 0 amide bonds. The molecular formula is C13H17NO2S. The van der Waals surface area contributed by atoms with E-state index in [1.807, 2.05) is 23.6 Å². The molecule has 92 valence electrons. The Morgan fingerprint density at radius 1 is 1.41 bits per heavy atom. The van der Waals surface area contributed by atoms with E-state index in [1.54, 1.807) is 17.6 Å². The minimum absolute atomic E-state index is 0.0406. The highest BCUT2D eigenvalue weighted by Gasteiger charge is 2.21. The highest BCUT2D eigenvalue weighted by atomic mass is 32.1. The SMILES string of the molecule is CCC(N)C(OCc1cccs1)c1ccco1. The van der Waals surface area contributed by atoms with Crippen LogP contribution in [-0.4, -0.2) is 6.04 Å². The summed E-state index contributed by atoms with van der Waals surface area (Å²) in [5.74, 6) is 0.802. The van der Waals surface area contributed by atoms with Crippen LogP contribution in [0, 0.1) is 0 Å². The molecule has 2 rings (SSSR count). The van der Waals surface area contributed by atoms with Crippen LogP contribution >= 0.6 is 11.3 Å². The van der Waals surface area contributed by atoms with Crippen molar-refractivity contribution >= 4 is 11.3 Å². The molecule has 0 radical (unpaired) electrons. The minimum atomic E-state index is -0.169. The maximum absolute atomic E-state index is 6.07. The Morgan fingerprint density at radius 2 is 2.29 bits per heavy atom. The Bertz CT molecular complexity index is 411. The lowest BCUT2D eigenvalue weighted by atomic mass is 10.1. The molecule has 2 heterocycles. The van der Waals surface area contributed by atoms with Crippen molar-refractivity contribution in [3.05, 3.63) is 46.5 Å². The molecule has 0 aliphatic carbocycles. The van der Waals surface area contributed by atoms with E-state index in [2.05, 4.69) is 13.0 Å².